The van der Waals surface area contributed by atoms with Crippen molar-refractivity contribution >= 4 is 43.5 Å². The van der Waals surface area contributed by atoms with E-state index in [1.807, 2.05) is 36.4 Å². The van der Waals surface area contributed by atoms with Gasteiger partial charge in [0.25, 0.3) is 0 Å². The highest BCUT2D eigenvalue weighted by molar-refractivity contribution is 9.10. The summed E-state index contributed by atoms with van der Waals surface area (Å²) in [4.78, 5) is 5.24. The van der Waals surface area contributed by atoms with Gasteiger partial charge in [-0.3, -0.25) is 9.71 Å². The molecule has 1 atom stereocenters. The van der Waals surface area contributed by atoms with Crippen LogP contribution in [0.1, 0.15) is 0 Å². The van der Waals surface area contributed by atoms with Gasteiger partial charge < -0.3 is 0 Å². The van der Waals surface area contributed by atoms with Gasteiger partial charge in [0, 0.05) is 27.2 Å². The second-order valence-corrected chi connectivity index (χ2v) is 6.58. The number of nitrogens with one attached hydrogen (secondary N) is 1. The van der Waals surface area contributed by atoms with Gasteiger partial charge in [0.15, 0.2) is 11.0 Å². The highest BCUT2D eigenvalue weighted by atomic mass is 79.9. The van der Waals surface area contributed by atoms with E-state index in [4.69, 9.17) is 0 Å². The smallest absolute Gasteiger partial charge is 0.151 e. The van der Waals surface area contributed by atoms with Gasteiger partial charge in [-0.2, -0.15) is 0 Å². The topological polar surface area (TPSA) is 42.0 Å². The third-order valence-corrected chi connectivity index (χ3v) is 5.22. The quantitative estimate of drug-likeness (QED) is 0.666. The van der Waals surface area contributed by atoms with Crippen LogP contribution in [-0.4, -0.2) is 9.19 Å². The molecule has 0 saturated carbocycles. The maximum absolute atomic E-state index is 12.3. The Morgan fingerprint density at radius 2 is 1.95 bits per heavy atom. The molecule has 98 valence electrons. The first-order valence-corrected chi connectivity index (χ1v) is 8.05. The zero-order valence-electron chi connectivity index (χ0n) is 10.3. The fraction of sp³-hybridized carbons (Fsp3) is 0. The van der Waals surface area contributed by atoms with Crippen molar-refractivity contribution in [2.24, 2.45) is 0 Å². The van der Waals surface area contributed by atoms with Crippen LogP contribution >= 0.6 is 15.9 Å². The van der Waals surface area contributed by atoms with E-state index in [9.17, 15) is 4.21 Å². The molecule has 3 aromatic rings. The summed E-state index contributed by atoms with van der Waals surface area (Å²) >= 11 is 3.60. The molecule has 0 aliphatic carbocycles. The molecule has 1 N–H and O–H groups in total. The SMILES string of the molecule is O=S1Nc2c(cc(Br)c3cccnc23)-c2ccccc21. The van der Waals surface area contributed by atoms with Crippen molar-refractivity contribution in [3.63, 3.8) is 0 Å². The van der Waals surface area contributed by atoms with Gasteiger partial charge in [0.1, 0.15) is 0 Å². The van der Waals surface area contributed by atoms with Crippen molar-refractivity contribution in [3.8, 4) is 11.1 Å². The Hall–Kier alpha value is -1.72. The predicted octanol–water partition coefficient (Wildman–Crippen LogP) is 4.11. The molecular weight excluding hydrogens is 336 g/mol. The molecule has 1 aromatic heterocycles. The van der Waals surface area contributed by atoms with Gasteiger partial charge in [-0.05, 0) is 18.2 Å². The fourth-order valence-electron chi connectivity index (χ4n) is 2.52. The first-order chi connectivity index (χ1) is 9.75. The van der Waals surface area contributed by atoms with Crippen LogP contribution in [-0.2, 0) is 11.0 Å². The van der Waals surface area contributed by atoms with Gasteiger partial charge in [0.05, 0.1) is 16.1 Å². The second-order valence-electron chi connectivity index (χ2n) is 4.55. The van der Waals surface area contributed by atoms with Crippen LogP contribution in [0.15, 0.2) is 58.0 Å². The van der Waals surface area contributed by atoms with Gasteiger partial charge in [-0.1, -0.05) is 40.2 Å². The Balaban J connectivity index is 2.16. The Bertz CT molecular complexity index is 879. The van der Waals surface area contributed by atoms with E-state index in [-0.39, 0.29) is 0 Å². The monoisotopic (exact) mass is 344 g/mol. The van der Waals surface area contributed by atoms with Crippen LogP contribution in [0.2, 0.25) is 0 Å². The summed E-state index contributed by atoms with van der Waals surface area (Å²) in [5.74, 6) is 0. The molecule has 1 aliphatic rings. The van der Waals surface area contributed by atoms with Gasteiger partial charge in [-0.25, -0.2) is 4.21 Å². The number of pyridine rings is 1. The highest BCUT2D eigenvalue weighted by Crippen LogP contribution is 2.43. The molecule has 0 fully saturated rings. The van der Waals surface area contributed by atoms with Crippen molar-refractivity contribution < 1.29 is 4.21 Å². The Labute approximate surface area is 126 Å². The standard InChI is InChI=1S/C15H9BrN2OS/c16-12-8-11-9-4-1-2-6-13(9)20(19)18-15(11)14-10(12)5-3-7-17-14/h1-8,18H. The number of rotatable bonds is 0. The van der Waals surface area contributed by atoms with Crippen LogP contribution in [0.5, 0.6) is 0 Å². The van der Waals surface area contributed by atoms with Gasteiger partial charge >= 0.3 is 0 Å². The normalized spacial score (nSPS) is 16.4. The summed E-state index contributed by atoms with van der Waals surface area (Å²) in [6, 6.07) is 13.7. The number of hydrogen-bond acceptors (Lipinski definition) is 2. The van der Waals surface area contributed by atoms with Crippen molar-refractivity contribution in [2.45, 2.75) is 4.90 Å². The molecule has 0 spiro atoms. The summed E-state index contributed by atoms with van der Waals surface area (Å²) in [5.41, 5.74) is 3.69. The van der Waals surface area contributed by atoms with E-state index in [1.165, 1.54) is 0 Å². The Morgan fingerprint density at radius 1 is 1.10 bits per heavy atom. The second kappa shape index (κ2) is 4.40. The number of nitrogens with zero attached hydrogens (tertiary/aromatic N) is 1. The van der Waals surface area contributed by atoms with E-state index in [0.717, 1.165) is 37.1 Å². The van der Waals surface area contributed by atoms with E-state index >= 15 is 0 Å². The predicted molar refractivity (Wildman–Crippen MR) is 84.9 cm³/mol. The zero-order chi connectivity index (χ0) is 13.7. The van der Waals surface area contributed by atoms with E-state index in [2.05, 4.69) is 31.7 Å². The number of fused-ring (bicyclic) bond motifs is 5. The summed E-state index contributed by atoms with van der Waals surface area (Å²) < 4.78 is 16.4. The Morgan fingerprint density at radius 3 is 2.85 bits per heavy atom. The van der Waals surface area contributed by atoms with Crippen LogP contribution in [0.3, 0.4) is 0 Å². The largest absolute Gasteiger partial charge is 0.298 e. The molecule has 1 unspecified atom stereocenters. The maximum Gasteiger partial charge on any atom is 0.151 e. The molecule has 3 nitrogen and oxygen atoms in total. The number of aromatic nitrogens is 1. The number of halogens is 1. The van der Waals surface area contributed by atoms with E-state index in [1.54, 1.807) is 6.20 Å². The lowest BCUT2D eigenvalue weighted by molar-refractivity contribution is 0.686. The third kappa shape index (κ3) is 1.63. The van der Waals surface area contributed by atoms with Gasteiger partial charge in [-0.15, -0.1) is 0 Å². The average molecular weight is 345 g/mol. The number of benzene rings is 2. The Kier molecular flexibility index (Phi) is 2.65. The molecule has 20 heavy (non-hydrogen) atoms. The minimum Gasteiger partial charge on any atom is -0.298 e. The van der Waals surface area contributed by atoms with Crippen LogP contribution < -0.4 is 4.72 Å². The van der Waals surface area contributed by atoms with Crippen molar-refractivity contribution in [3.05, 3.63) is 53.1 Å². The first-order valence-electron chi connectivity index (χ1n) is 6.11. The molecule has 1 aliphatic heterocycles. The summed E-state index contributed by atoms with van der Waals surface area (Å²) in [6.07, 6.45) is 1.75. The molecule has 0 bridgehead atoms. The zero-order valence-corrected chi connectivity index (χ0v) is 12.7. The third-order valence-electron chi connectivity index (χ3n) is 3.41. The molecule has 2 aromatic carbocycles. The summed E-state index contributed by atoms with van der Waals surface area (Å²) in [6.45, 7) is 0. The number of hydrogen-bond donors (Lipinski definition) is 1. The minimum absolute atomic E-state index is 0.808. The maximum atomic E-state index is 12.3. The lowest BCUT2D eigenvalue weighted by atomic mass is 10.0. The molecule has 0 saturated heterocycles. The van der Waals surface area contributed by atoms with E-state index in [0.29, 0.717) is 0 Å². The molecule has 5 heteroatoms. The molecule has 2 heterocycles. The number of anilines is 1. The van der Waals surface area contributed by atoms with Gasteiger partial charge in [0.2, 0.25) is 0 Å². The summed E-state index contributed by atoms with van der Waals surface area (Å²) in [5, 5.41) is 1.01. The van der Waals surface area contributed by atoms with Crippen LogP contribution in [0.25, 0.3) is 22.0 Å². The average Bonchev–Trinajstić information content (AvgIpc) is 2.49. The lowest BCUT2D eigenvalue weighted by Gasteiger charge is -2.22. The molecule has 4 rings (SSSR count). The van der Waals surface area contributed by atoms with Crippen molar-refractivity contribution in [2.75, 3.05) is 4.72 Å². The molecule has 0 amide bonds. The van der Waals surface area contributed by atoms with Crippen LogP contribution in [0, 0.1) is 0 Å². The van der Waals surface area contributed by atoms with Crippen molar-refractivity contribution in [1.82, 2.24) is 4.98 Å². The fourth-order valence-corrected chi connectivity index (χ4v) is 4.15. The molecular formula is C15H9BrN2OS. The van der Waals surface area contributed by atoms with Crippen molar-refractivity contribution in [1.29, 1.82) is 0 Å². The summed E-state index contributed by atoms with van der Waals surface area (Å²) in [7, 11) is -1.24. The minimum atomic E-state index is -1.24. The first kappa shape index (κ1) is 12.1. The lowest BCUT2D eigenvalue weighted by Crippen LogP contribution is -2.13. The van der Waals surface area contributed by atoms with E-state index < -0.39 is 11.0 Å². The van der Waals surface area contributed by atoms with Crippen LogP contribution in [0.4, 0.5) is 5.69 Å². The highest BCUT2D eigenvalue weighted by Gasteiger charge is 2.24. The molecule has 0 radical (unpaired) electrons.